The maximum atomic E-state index is 10.5. The third kappa shape index (κ3) is 9.50. The second-order valence-electron chi connectivity index (χ2n) is 4.33. The normalized spacial score (nSPS) is 10.8. The minimum atomic E-state index is -4.10. The summed E-state index contributed by atoms with van der Waals surface area (Å²) in [5.74, 6) is 0.201. The molecule has 8 heteroatoms. The fourth-order valence-electron chi connectivity index (χ4n) is 1.62. The Hall–Kier alpha value is -0.110. The molecule has 5 nitrogen and oxygen atoms in total. The summed E-state index contributed by atoms with van der Waals surface area (Å²) in [6, 6.07) is 4.78. The molecule has 0 bridgehead atoms. The fourth-order valence-corrected chi connectivity index (χ4v) is 2.43. The van der Waals surface area contributed by atoms with Gasteiger partial charge in [-0.25, -0.2) is 8.42 Å². The molecule has 0 amide bonds. The summed E-state index contributed by atoms with van der Waals surface area (Å²) in [7, 11) is -4.10. The predicted octanol–water partition coefficient (Wildman–Crippen LogP) is -0.359. The van der Waals surface area contributed by atoms with Gasteiger partial charge in [-0.2, -0.15) is 0 Å². The summed E-state index contributed by atoms with van der Waals surface area (Å²) < 4.78 is 36.6. The third-order valence-corrected chi connectivity index (χ3v) is 3.72. The molecule has 0 aromatic heterocycles. The van der Waals surface area contributed by atoms with Crippen LogP contribution >= 0.6 is 11.6 Å². The Morgan fingerprint density at radius 1 is 1.19 bits per heavy atom. The van der Waals surface area contributed by atoms with Crippen molar-refractivity contribution in [2.24, 2.45) is 0 Å². The van der Waals surface area contributed by atoms with Gasteiger partial charge in [0.05, 0.1) is 21.7 Å². The number of aldehydes is 1. The van der Waals surface area contributed by atoms with Crippen LogP contribution in [0.2, 0.25) is 5.02 Å². The van der Waals surface area contributed by atoms with Crippen molar-refractivity contribution in [1.29, 1.82) is 0 Å². The number of rotatable bonds is 9. The average molecular weight is 343 g/mol. The molecule has 0 aliphatic carbocycles. The Labute approximate surface area is 152 Å². The zero-order valence-corrected chi connectivity index (χ0v) is 15.5. The van der Waals surface area contributed by atoms with E-state index in [0.717, 1.165) is 12.8 Å². The molecule has 0 aliphatic heterocycles. The summed E-state index contributed by atoms with van der Waals surface area (Å²) in [4.78, 5) is 10.5. The quantitative estimate of drug-likeness (QED) is 0.265. The SMILES string of the molecule is O=Cc1ccc(OCCCCCCS(=O)(=O)[O-])c(Cl)c1.[Na+]. The number of ether oxygens (including phenoxy) is 1. The van der Waals surface area contributed by atoms with E-state index in [2.05, 4.69) is 0 Å². The van der Waals surface area contributed by atoms with Crippen molar-refractivity contribution >= 4 is 28.0 Å². The van der Waals surface area contributed by atoms with Gasteiger partial charge >= 0.3 is 29.6 Å². The maximum Gasteiger partial charge on any atom is 1.00 e. The molecule has 0 spiro atoms. The van der Waals surface area contributed by atoms with Crippen molar-refractivity contribution in [3.63, 3.8) is 0 Å². The van der Waals surface area contributed by atoms with Crippen LogP contribution in [0, 0.1) is 0 Å². The molecule has 0 saturated heterocycles. The van der Waals surface area contributed by atoms with Crippen molar-refractivity contribution in [3.8, 4) is 5.75 Å². The second kappa shape index (κ2) is 10.6. The smallest absolute Gasteiger partial charge is 0.748 e. The molecule has 0 N–H and O–H groups in total. The standard InChI is InChI=1S/C13H17ClO5S.Na/c14-12-9-11(10-15)5-6-13(12)19-7-3-1-2-4-8-20(16,17)18;/h5-6,9-10H,1-4,7-8H2,(H,16,17,18);/q;+1/p-1. The first kappa shape index (κ1) is 20.9. The number of carbonyl (C=O) groups excluding carboxylic acids is 1. The van der Waals surface area contributed by atoms with Crippen LogP contribution in [0.1, 0.15) is 36.0 Å². The van der Waals surface area contributed by atoms with Gasteiger partial charge in [0.2, 0.25) is 0 Å². The number of benzene rings is 1. The van der Waals surface area contributed by atoms with Crippen LogP contribution in [0.25, 0.3) is 0 Å². The molecule has 0 radical (unpaired) electrons. The van der Waals surface area contributed by atoms with Gasteiger partial charge in [0.25, 0.3) is 0 Å². The van der Waals surface area contributed by atoms with Crippen LogP contribution in [-0.4, -0.2) is 31.6 Å². The topological polar surface area (TPSA) is 83.5 Å². The van der Waals surface area contributed by atoms with Crippen molar-refractivity contribution < 1.29 is 52.1 Å². The van der Waals surface area contributed by atoms with E-state index in [-0.39, 0.29) is 35.3 Å². The van der Waals surface area contributed by atoms with E-state index in [1.807, 2.05) is 0 Å². The first-order valence-corrected chi connectivity index (χ1v) is 8.19. The number of halogens is 1. The number of unbranched alkanes of at least 4 members (excludes halogenated alkanes) is 3. The van der Waals surface area contributed by atoms with E-state index >= 15 is 0 Å². The predicted molar refractivity (Wildman–Crippen MR) is 75.4 cm³/mol. The molecule has 0 atom stereocenters. The van der Waals surface area contributed by atoms with Crippen LogP contribution in [0.5, 0.6) is 5.75 Å². The number of hydrogen-bond donors (Lipinski definition) is 0. The van der Waals surface area contributed by atoms with Gasteiger partial charge in [-0.15, -0.1) is 0 Å². The van der Waals surface area contributed by atoms with Crippen molar-refractivity contribution in [3.05, 3.63) is 28.8 Å². The first-order chi connectivity index (χ1) is 9.42. The van der Waals surface area contributed by atoms with Crippen LogP contribution in [0.15, 0.2) is 18.2 Å². The van der Waals surface area contributed by atoms with E-state index in [0.29, 0.717) is 42.1 Å². The van der Waals surface area contributed by atoms with Crippen molar-refractivity contribution in [2.45, 2.75) is 25.7 Å². The zero-order valence-electron chi connectivity index (χ0n) is 11.9. The van der Waals surface area contributed by atoms with E-state index < -0.39 is 10.1 Å². The summed E-state index contributed by atoms with van der Waals surface area (Å²) in [6.07, 6.45) is 3.27. The maximum absolute atomic E-state index is 10.5. The molecule has 1 rings (SSSR count). The van der Waals surface area contributed by atoms with E-state index in [1.54, 1.807) is 12.1 Å². The van der Waals surface area contributed by atoms with Gasteiger partial charge in [0, 0.05) is 11.3 Å². The van der Waals surface area contributed by atoms with Gasteiger partial charge < -0.3 is 9.29 Å². The summed E-state index contributed by atoms with van der Waals surface area (Å²) in [5, 5.41) is 0.382. The second-order valence-corrected chi connectivity index (χ2v) is 6.26. The van der Waals surface area contributed by atoms with Crippen LogP contribution < -0.4 is 34.3 Å². The number of carbonyl (C=O) groups is 1. The average Bonchev–Trinajstić information content (AvgIpc) is 2.37. The molecular formula is C13H16ClNaO5S. The Bertz CT molecular complexity index is 547. The largest absolute Gasteiger partial charge is 1.00 e. The molecular weight excluding hydrogens is 327 g/mol. The van der Waals surface area contributed by atoms with Crippen molar-refractivity contribution in [2.75, 3.05) is 12.4 Å². The van der Waals surface area contributed by atoms with Gasteiger partial charge in [-0.3, -0.25) is 4.79 Å². The third-order valence-electron chi connectivity index (χ3n) is 2.64. The summed E-state index contributed by atoms with van der Waals surface area (Å²) in [5.41, 5.74) is 0.487. The molecule has 1 aromatic carbocycles. The molecule has 0 saturated carbocycles. The molecule has 112 valence electrons. The van der Waals surface area contributed by atoms with E-state index in [9.17, 15) is 17.8 Å². The Kier molecular flexibility index (Phi) is 10.5. The van der Waals surface area contributed by atoms with Crippen LogP contribution in [0.4, 0.5) is 0 Å². The van der Waals surface area contributed by atoms with Crippen LogP contribution in [0.3, 0.4) is 0 Å². The van der Waals surface area contributed by atoms with Crippen molar-refractivity contribution in [1.82, 2.24) is 0 Å². The molecule has 0 unspecified atom stereocenters. The Morgan fingerprint density at radius 2 is 1.86 bits per heavy atom. The molecule has 21 heavy (non-hydrogen) atoms. The summed E-state index contributed by atoms with van der Waals surface area (Å²) >= 11 is 5.94. The number of hydrogen-bond acceptors (Lipinski definition) is 5. The van der Waals surface area contributed by atoms with E-state index in [4.69, 9.17) is 16.3 Å². The minimum Gasteiger partial charge on any atom is -0.748 e. The molecule has 0 fully saturated rings. The zero-order chi connectivity index (χ0) is 15.0. The Balaban J connectivity index is 0.00000400. The van der Waals surface area contributed by atoms with Gasteiger partial charge in [-0.05, 0) is 31.0 Å². The summed E-state index contributed by atoms with van der Waals surface area (Å²) in [6.45, 7) is 0.449. The molecule has 0 aliphatic rings. The van der Waals surface area contributed by atoms with Gasteiger partial charge in [0.15, 0.2) is 0 Å². The Morgan fingerprint density at radius 3 is 2.43 bits per heavy atom. The fraction of sp³-hybridized carbons (Fsp3) is 0.462. The molecule has 1 aromatic rings. The molecule has 0 heterocycles. The monoisotopic (exact) mass is 342 g/mol. The van der Waals surface area contributed by atoms with Gasteiger partial charge in [0.1, 0.15) is 12.0 Å². The van der Waals surface area contributed by atoms with E-state index in [1.165, 1.54) is 6.07 Å². The van der Waals surface area contributed by atoms with Crippen LogP contribution in [-0.2, 0) is 10.1 Å². The minimum absolute atomic E-state index is 0. The van der Waals surface area contributed by atoms with Gasteiger partial charge in [-0.1, -0.05) is 24.4 Å². The first-order valence-electron chi connectivity index (χ1n) is 6.23.